The lowest BCUT2D eigenvalue weighted by Crippen LogP contribution is -2.48. The Balaban J connectivity index is 1.35. The van der Waals surface area contributed by atoms with Crippen molar-refractivity contribution >= 4 is 5.84 Å². The molecule has 0 bridgehead atoms. The Morgan fingerprint density at radius 3 is 2.93 bits per heavy atom. The number of amidine groups is 1. The molecule has 1 aliphatic carbocycles. The van der Waals surface area contributed by atoms with E-state index in [1.54, 1.807) is 0 Å². The molecule has 4 aliphatic rings. The summed E-state index contributed by atoms with van der Waals surface area (Å²) in [5.41, 5.74) is 2.61. The SMILES string of the molecule is CN(CC1N=C2C=CC=C(N3CCCC3)N2C1CO)[C@H]1CCCc2cccnc21. The Hall–Kier alpha value is -2.18. The zero-order valence-electron chi connectivity index (χ0n) is 17.2. The maximum atomic E-state index is 10.3. The lowest BCUT2D eigenvalue weighted by Gasteiger charge is -2.38. The summed E-state index contributed by atoms with van der Waals surface area (Å²) in [7, 11) is 2.19. The van der Waals surface area contributed by atoms with Gasteiger partial charge in [-0.1, -0.05) is 12.1 Å². The monoisotopic (exact) mass is 393 g/mol. The van der Waals surface area contributed by atoms with E-state index in [0.29, 0.717) is 6.04 Å². The van der Waals surface area contributed by atoms with Crippen LogP contribution in [0.4, 0.5) is 0 Å². The third-order valence-electron chi connectivity index (χ3n) is 6.85. The molecule has 0 aromatic carbocycles. The van der Waals surface area contributed by atoms with Gasteiger partial charge in [0.25, 0.3) is 0 Å². The van der Waals surface area contributed by atoms with Crippen molar-refractivity contribution in [2.24, 2.45) is 4.99 Å². The molecule has 4 heterocycles. The number of aryl methyl sites for hydroxylation is 1. The van der Waals surface area contributed by atoms with Crippen molar-refractivity contribution in [1.82, 2.24) is 19.7 Å². The highest BCUT2D eigenvalue weighted by atomic mass is 16.3. The number of hydrogen-bond donors (Lipinski definition) is 1. The fourth-order valence-electron chi connectivity index (χ4n) is 5.38. The molecular weight excluding hydrogens is 362 g/mol. The van der Waals surface area contributed by atoms with E-state index in [0.717, 1.165) is 38.3 Å². The number of rotatable bonds is 5. The molecule has 1 aromatic heterocycles. The van der Waals surface area contributed by atoms with Crippen LogP contribution >= 0.6 is 0 Å². The molecule has 154 valence electrons. The Kier molecular flexibility index (Phi) is 5.14. The highest BCUT2D eigenvalue weighted by Gasteiger charge is 2.40. The predicted molar refractivity (Wildman–Crippen MR) is 115 cm³/mol. The minimum absolute atomic E-state index is 0.00366. The maximum absolute atomic E-state index is 10.3. The summed E-state index contributed by atoms with van der Waals surface area (Å²) in [6.45, 7) is 3.13. The molecular formula is C23H31N5O. The number of aromatic nitrogens is 1. The van der Waals surface area contributed by atoms with Gasteiger partial charge in [-0.05, 0) is 62.9 Å². The Morgan fingerprint density at radius 1 is 1.24 bits per heavy atom. The van der Waals surface area contributed by atoms with E-state index in [-0.39, 0.29) is 18.7 Å². The van der Waals surface area contributed by atoms with Crippen LogP contribution in [0.3, 0.4) is 0 Å². The fourth-order valence-corrected chi connectivity index (χ4v) is 5.38. The van der Waals surface area contributed by atoms with Crippen LogP contribution in [0.15, 0.2) is 47.4 Å². The summed E-state index contributed by atoms with van der Waals surface area (Å²) in [6, 6.07) is 4.65. The summed E-state index contributed by atoms with van der Waals surface area (Å²) in [5.74, 6) is 2.20. The van der Waals surface area contributed by atoms with E-state index in [1.165, 1.54) is 36.3 Å². The number of aliphatic hydroxyl groups excluding tert-OH is 1. The average Bonchev–Trinajstić information content (AvgIpc) is 3.40. The second kappa shape index (κ2) is 7.92. The molecule has 1 N–H and O–H groups in total. The van der Waals surface area contributed by atoms with Gasteiger partial charge in [0.15, 0.2) is 0 Å². The van der Waals surface area contributed by atoms with Crippen LogP contribution in [0.2, 0.25) is 0 Å². The molecule has 2 unspecified atom stereocenters. The molecule has 3 atom stereocenters. The Bertz CT molecular complexity index is 841. The summed E-state index contributed by atoms with van der Waals surface area (Å²) in [4.78, 5) is 16.9. The van der Waals surface area contributed by atoms with E-state index in [4.69, 9.17) is 9.98 Å². The lowest BCUT2D eigenvalue weighted by atomic mass is 9.90. The first-order valence-corrected chi connectivity index (χ1v) is 11.0. The number of aliphatic imine (C=N–C) groups is 1. The van der Waals surface area contributed by atoms with Crippen molar-refractivity contribution in [2.75, 3.05) is 33.3 Å². The largest absolute Gasteiger partial charge is 0.394 e. The third kappa shape index (κ3) is 3.38. The Morgan fingerprint density at radius 2 is 2.10 bits per heavy atom. The summed E-state index contributed by atoms with van der Waals surface area (Å²) in [6.07, 6.45) is 14.2. The smallest absolute Gasteiger partial charge is 0.129 e. The van der Waals surface area contributed by atoms with E-state index >= 15 is 0 Å². The van der Waals surface area contributed by atoms with Gasteiger partial charge in [0.1, 0.15) is 11.7 Å². The number of hydrogen-bond acceptors (Lipinski definition) is 6. The molecule has 0 radical (unpaired) electrons. The number of pyridine rings is 1. The van der Waals surface area contributed by atoms with E-state index < -0.39 is 0 Å². The highest BCUT2D eigenvalue weighted by Crippen LogP contribution is 2.34. The second-order valence-electron chi connectivity index (χ2n) is 8.65. The molecule has 6 heteroatoms. The molecule has 29 heavy (non-hydrogen) atoms. The maximum Gasteiger partial charge on any atom is 0.129 e. The molecule has 5 rings (SSSR count). The van der Waals surface area contributed by atoms with Crippen molar-refractivity contribution in [3.63, 3.8) is 0 Å². The molecule has 6 nitrogen and oxygen atoms in total. The lowest BCUT2D eigenvalue weighted by molar-refractivity contribution is 0.138. The predicted octanol–water partition coefficient (Wildman–Crippen LogP) is 2.34. The van der Waals surface area contributed by atoms with Gasteiger partial charge >= 0.3 is 0 Å². The summed E-state index contributed by atoms with van der Waals surface area (Å²) in [5, 5.41) is 10.3. The van der Waals surface area contributed by atoms with Crippen LogP contribution in [-0.4, -0.2) is 76.0 Å². The van der Waals surface area contributed by atoms with E-state index in [9.17, 15) is 5.11 Å². The topological polar surface area (TPSA) is 55.2 Å². The minimum atomic E-state index is -0.00366. The van der Waals surface area contributed by atoms with Crippen LogP contribution < -0.4 is 0 Å². The van der Waals surface area contributed by atoms with Gasteiger partial charge in [0.2, 0.25) is 0 Å². The zero-order valence-corrected chi connectivity index (χ0v) is 17.2. The quantitative estimate of drug-likeness (QED) is 0.832. The van der Waals surface area contributed by atoms with Crippen molar-refractivity contribution < 1.29 is 5.11 Å². The van der Waals surface area contributed by atoms with Gasteiger partial charge in [0, 0.05) is 25.8 Å². The van der Waals surface area contributed by atoms with Crippen molar-refractivity contribution in [3.05, 3.63) is 53.6 Å². The summed E-state index contributed by atoms with van der Waals surface area (Å²) >= 11 is 0. The normalized spacial score (nSPS) is 28.4. The minimum Gasteiger partial charge on any atom is -0.394 e. The third-order valence-corrected chi connectivity index (χ3v) is 6.85. The number of likely N-dealkylation sites (tertiary alicyclic amines) is 1. The van der Waals surface area contributed by atoms with Gasteiger partial charge in [-0.2, -0.15) is 0 Å². The van der Waals surface area contributed by atoms with Crippen LogP contribution in [0.1, 0.15) is 43.0 Å². The van der Waals surface area contributed by atoms with Gasteiger partial charge in [0.05, 0.1) is 30.4 Å². The number of aliphatic hydroxyl groups is 1. The number of fused-ring (bicyclic) bond motifs is 2. The molecule has 1 aromatic rings. The zero-order chi connectivity index (χ0) is 19.8. The van der Waals surface area contributed by atoms with Gasteiger partial charge in [-0.15, -0.1) is 0 Å². The van der Waals surface area contributed by atoms with Gasteiger partial charge < -0.3 is 14.9 Å². The van der Waals surface area contributed by atoms with Gasteiger partial charge in [-0.25, -0.2) is 0 Å². The Labute approximate surface area is 173 Å². The van der Waals surface area contributed by atoms with Crippen LogP contribution in [0.25, 0.3) is 0 Å². The van der Waals surface area contributed by atoms with Crippen LogP contribution in [-0.2, 0) is 6.42 Å². The van der Waals surface area contributed by atoms with Crippen molar-refractivity contribution in [1.29, 1.82) is 0 Å². The van der Waals surface area contributed by atoms with E-state index in [2.05, 4.69) is 46.0 Å². The van der Waals surface area contributed by atoms with Crippen molar-refractivity contribution in [3.8, 4) is 0 Å². The van der Waals surface area contributed by atoms with Crippen LogP contribution in [0, 0.1) is 0 Å². The molecule has 0 spiro atoms. The first-order chi connectivity index (χ1) is 14.3. The molecule has 0 amide bonds. The number of likely N-dealkylation sites (N-methyl/N-ethyl adjacent to an activating group) is 1. The molecule has 0 saturated carbocycles. The fraction of sp³-hybridized carbons (Fsp3) is 0.565. The standard InChI is InChI=1S/C23H31N5O/c1-26(19-9-4-7-17-8-6-12-24-23(17)19)15-18-20(16-29)28-21(25-18)10-5-11-22(28)27-13-2-3-14-27/h5-6,8,10-12,18-20,29H,2-4,7,9,13-16H2,1H3/t18?,19-,20?/m0/s1. The average molecular weight is 394 g/mol. The first kappa shape index (κ1) is 18.8. The highest BCUT2D eigenvalue weighted by molar-refractivity contribution is 5.97. The number of nitrogens with zero attached hydrogens (tertiary/aromatic N) is 5. The molecule has 1 fully saturated rings. The van der Waals surface area contributed by atoms with Gasteiger partial charge in [-0.3, -0.25) is 14.9 Å². The summed E-state index contributed by atoms with van der Waals surface area (Å²) < 4.78 is 0. The molecule has 1 saturated heterocycles. The van der Waals surface area contributed by atoms with E-state index in [1.807, 2.05) is 12.3 Å². The number of allylic oxidation sites excluding steroid dienone is 2. The van der Waals surface area contributed by atoms with Crippen molar-refractivity contribution in [2.45, 2.75) is 50.2 Å². The van der Waals surface area contributed by atoms with Crippen LogP contribution in [0.5, 0.6) is 0 Å². The second-order valence-corrected chi connectivity index (χ2v) is 8.65. The first-order valence-electron chi connectivity index (χ1n) is 11.0. The molecule has 3 aliphatic heterocycles.